The van der Waals surface area contributed by atoms with E-state index in [2.05, 4.69) is 29.0 Å². The molecule has 0 unspecified atom stereocenters. The van der Waals surface area contributed by atoms with Gasteiger partial charge in [0.2, 0.25) is 0 Å². The average Bonchev–Trinajstić information content (AvgIpc) is 2.33. The Balaban J connectivity index is 2.18. The Hall–Kier alpha value is -1.39. The quantitative estimate of drug-likeness (QED) is 0.881. The summed E-state index contributed by atoms with van der Waals surface area (Å²) in [6.45, 7) is 2.52. The van der Waals surface area contributed by atoms with Gasteiger partial charge in [0.1, 0.15) is 5.03 Å². The van der Waals surface area contributed by atoms with Gasteiger partial charge >= 0.3 is 0 Å². The van der Waals surface area contributed by atoms with E-state index in [1.54, 1.807) is 24.2 Å². The second-order valence-electron chi connectivity index (χ2n) is 3.42. The molecule has 2 aromatic rings. The van der Waals surface area contributed by atoms with E-state index in [0.717, 1.165) is 10.7 Å². The molecule has 0 fully saturated rings. The molecule has 1 heterocycles. The number of benzene rings is 1. The van der Waals surface area contributed by atoms with Crippen LogP contribution in [0.5, 0.6) is 0 Å². The molecule has 0 aliphatic rings. The van der Waals surface area contributed by atoms with Crippen molar-refractivity contribution in [2.24, 2.45) is 5.73 Å². The molecular formula is C12H13N3S. The topological polar surface area (TPSA) is 51.8 Å². The maximum Gasteiger partial charge on any atom is 0.119 e. The van der Waals surface area contributed by atoms with E-state index in [4.69, 9.17) is 5.73 Å². The van der Waals surface area contributed by atoms with Crippen molar-refractivity contribution in [3.63, 3.8) is 0 Å². The summed E-state index contributed by atoms with van der Waals surface area (Å²) in [7, 11) is 0. The minimum atomic E-state index is 0.433. The molecule has 1 aromatic carbocycles. The molecule has 0 aliphatic carbocycles. The minimum Gasteiger partial charge on any atom is -0.325 e. The van der Waals surface area contributed by atoms with E-state index in [-0.39, 0.29) is 0 Å². The van der Waals surface area contributed by atoms with Crippen LogP contribution in [0.1, 0.15) is 11.3 Å². The van der Waals surface area contributed by atoms with E-state index >= 15 is 0 Å². The average molecular weight is 231 g/mol. The third kappa shape index (κ3) is 2.59. The number of nitrogens with zero attached hydrogens (tertiary/aromatic N) is 2. The lowest BCUT2D eigenvalue weighted by molar-refractivity contribution is 0.923. The van der Waals surface area contributed by atoms with Gasteiger partial charge in [-0.3, -0.25) is 4.98 Å². The van der Waals surface area contributed by atoms with Crippen molar-refractivity contribution in [2.75, 3.05) is 0 Å². The smallest absolute Gasteiger partial charge is 0.119 e. The third-order valence-electron chi connectivity index (χ3n) is 2.20. The first-order chi connectivity index (χ1) is 7.79. The zero-order chi connectivity index (χ0) is 11.4. The van der Waals surface area contributed by atoms with Crippen LogP contribution in [-0.2, 0) is 6.54 Å². The summed E-state index contributed by atoms with van der Waals surface area (Å²) in [6.07, 6.45) is 3.49. The summed E-state index contributed by atoms with van der Waals surface area (Å²) in [5.74, 6) is 0. The molecule has 2 rings (SSSR count). The molecule has 3 nitrogen and oxygen atoms in total. The predicted molar refractivity (Wildman–Crippen MR) is 65.2 cm³/mol. The number of hydrogen-bond donors (Lipinski definition) is 1. The lowest BCUT2D eigenvalue weighted by Crippen LogP contribution is -2.00. The number of aryl methyl sites for hydroxylation is 1. The van der Waals surface area contributed by atoms with Crippen LogP contribution in [-0.4, -0.2) is 9.97 Å². The largest absolute Gasteiger partial charge is 0.325 e. The lowest BCUT2D eigenvalue weighted by atomic mass is 10.2. The molecule has 0 radical (unpaired) electrons. The predicted octanol–water partition coefficient (Wildman–Crippen LogP) is 2.39. The number of nitrogens with two attached hydrogens (primary N) is 1. The van der Waals surface area contributed by atoms with E-state index < -0.39 is 0 Å². The minimum absolute atomic E-state index is 0.433. The van der Waals surface area contributed by atoms with Crippen LogP contribution >= 0.6 is 11.8 Å². The lowest BCUT2D eigenvalue weighted by Gasteiger charge is -2.04. The van der Waals surface area contributed by atoms with Gasteiger partial charge in [-0.1, -0.05) is 30.0 Å². The van der Waals surface area contributed by atoms with Gasteiger partial charge in [-0.2, -0.15) is 0 Å². The molecule has 0 spiro atoms. The van der Waals surface area contributed by atoms with Crippen molar-refractivity contribution in [3.05, 3.63) is 47.9 Å². The highest BCUT2D eigenvalue weighted by molar-refractivity contribution is 7.99. The zero-order valence-electron chi connectivity index (χ0n) is 9.05. The Morgan fingerprint density at radius 3 is 2.62 bits per heavy atom. The molecule has 4 heteroatoms. The van der Waals surface area contributed by atoms with Crippen LogP contribution < -0.4 is 5.73 Å². The van der Waals surface area contributed by atoms with Crippen molar-refractivity contribution < 1.29 is 0 Å². The molecule has 82 valence electrons. The van der Waals surface area contributed by atoms with Gasteiger partial charge in [-0.25, -0.2) is 4.98 Å². The first-order valence-corrected chi connectivity index (χ1v) is 5.85. The molecule has 0 bridgehead atoms. The summed E-state index contributed by atoms with van der Waals surface area (Å²) in [4.78, 5) is 9.73. The normalized spacial score (nSPS) is 10.4. The number of aromatic nitrogens is 2. The molecule has 0 atom stereocenters. The van der Waals surface area contributed by atoms with Gasteiger partial charge < -0.3 is 5.73 Å². The molecule has 16 heavy (non-hydrogen) atoms. The van der Waals surface area contributed by atoms with Crippen LogP contribution in [0.15, 0.2) is 46.6 Å². The Morgan fingerprint density at radius 1 is 1.19 bits per heavy atom. The summed E-state index contributed by atoms with van der Waals surface area (Å²) in [5.41, 5.74) is 7.53. The summed E-state index contributed by atoms with van der Waals surface area (Å²) < 4.78 is 0. The first kappa shape index (κ1) is 11.1. The van der Waals surface area contributed by atoms with E-state index in [1.807, 2.05) is 12.1 Å². The van der Waals surface area contributed by atoms with Crippen LogP contribution in [0.25, 0.3) is 0 Å². The Morgan fingerprint density at radius 2 is 2.00 bits per heavy atom. The Labute approximate surface area is 99.1 Å². The molecule has 0 aliphatic heterocycles. The standard InChI is InChI=1S/C12H13N3S/c1-9-4-2-3-5-11(9)16-12-8-14-10(6-13)7-15-12/h2-5,7-8H,6,13H2,1H3. The van der Waals surface area contributed by atoms with E-state index in [9.17, 15) is 0 Å². The van der Waals surface area contributed by atoms with Gasteiger partial charge in [0.25, 0.3) is 0 Å². The van der Waals surface area contributed by atoms with Gasteiger partial charge in [0.15, 0.2) is 0 Å². The maximum absolute atomic E-state index is 5.47. The SMILES string of the molecule is Cc1ccccc1Sc1cnc(CN)cn1. The molecule has 1 aromatic heterocycles. The third-order valence-corrected chi connectivity index (χ3v) is 3.30. The van der Waals surface area contributed by atoms with Crippen molar-refractivity contribution in [1.29, 1.82) is 0 Å². The van der Waals surface area contributed by atoms with Crippen molar-refractivity contribution in [2.45, 2.75) is 23.4 Å². The number of rotatable bonds is 3. The van der Waals surface area contributed by atoms with Crippen LogP contribution in [0.3, 0.4) is 0 Å². The fourth-order valence-corrected chi connectivity index (χ4v) is 2.10. The van der Waals surface area contributed by atoms with Crippen LogP contribution in [0, 0.1) is 6.92 Å². The Kier molecular flexibility index (Phi) is 3.54. The van der Waals surface area contributed by atoms with Gasteiger partial charge in [-0.15, -0.1) is 0 Å². The fourth-order valence-electron chi connectivity index (χ4n) is 1.28. The second-order valence-corrected chi connectivity index (χ2v) is 4.48. The molecule has 0 amide bonds. The first-order valence-electron chi connectivity index (χ1n) is 5.04. The van der Waals surface area contributed by atoms with Crippen molar-refractivity contribution >= 4 is 11.8 Å². The molecule has 2 N–H and O–H groups in total. The maximum atomic E-state index is 5.47. The monoisotopic (exact) mass is 231 g/mol. The Bertz CT molecular complexity index is 468. The summed E-state index contributed by atoms with van der Waals surface area (Å²) >= 11 is 1.62. The van der Waals surface area contributed by atoms with Crippen LogP contribution in [0.4, 0.5) is 0 Å². The van der Waals surface area contributed by atoms with Gasteiger partial charge in [0.05, 0.1) is 18.1 Å². The van der Waals surface area contributed by atoms with E-state index in [0.29, 0.717) is 6.54 Å². The highest BCUT2D eigenvalue weighted by Crippen LogP contribution is 2.27. The van der Waals surface area contributed by atoms with Gasteiger partial charge in [0, 0.05) is 11.4 Å². The molecule has 0 saturated carbocycles. The highest BCUT2D eigenvalue weighted by atomic mass is 32.2. The second kappa shape index (κ2) is 5.09. The zero-order valence-corrected chi connectivity index (χ0v) is 9.87. The van der Waals surface area contributed by atoms with Crippen molar-refractivity contribution in [1.82, 2.24) is 9.97 Å². The highest BCUT2D eigenvalue weighted by Gasteiger charge is 2.02. The molecule has 0 saturated heterocycles. The molecular weight excluding hydrogens is 218 g/mol. The fraction of sp³-hybridized carbons (Fsp3) is 0.167. The number of hydrogen-bond acceptors (Lipinski definition) is 4. The van der Waals surface area contributed by atoms with Crippen molar-refractivity contribution in [3.8, 4) is 0 Å². The van der Waals surface area contributed by atoms with Crippen LogP contribution in [0.2, 0.25) is 0 Å². The summed E-state index contributed by atoms with van der Waals surface area (Å²) in [6, 6.07) is 8.22. The van der Waals surface area contributed by atoms with Gasteiger partial charge in [-0.05, 0) is 18.6 Å². The van der Waals surface area contributed by atoms with E-state index in [1.165, 1.54) is 10.5 Å². The summed E-state index contributed by atoms with van der Waals surface area (Å²) in [5, 5.41) is 0.895.